The predicted molar refractivity (Wildman–Crippen MR) is 176 cm³/mol. The Bertz CT molecular complexity index is 790. The van der Waals surface area contributed by atoms with Gasteiger partial charge in [-0.1, -0.05) is 97.3 Å². The zero-order valence-electron chi connectivity index (χ0n) is 27.5. The summed E-state index contributed by atoms with van der Waals surface area (Å²) in [6.07, 6.45) is 15.1. The molecule has 0 radical (unpaired) electrons. The number of esters is 1. The number of hydrogen-bond acceptors (Lipinski definition) is 8. The van der Waals surface area contributed by atoms with E-state index in [2.05, 4.69) is 19.2 Å². The normalized spacial score (nSPS) is 29.3. The van der Waals surface area contributed by atoms with Crippen molar-refractivity contribution in [2.45, 2.75) is 171 Å². The first kappa shape index (κ1) is 38.6. The maximum atomic E-state index is 13.2. The van der Waals surface area contributed by atoms with Gasteiger partial charge in [0.2, 0.25) is 5.91 Å². The molecule has 252 valence electrons. The molecule has 8 nitrogen and oxygen atoms in total. The van der Waals surface area contributed by atoms with Crippen LogP contribution in [0.4, 0.5) is 0 Å². The molecule has 0 saturated carbocycles. The van der Waals surface area contributed by atoms with Crippen LogP contribution in [0, 0.1) is 5.92 Å². The second-order valence-corrected chi connectivity index (χ2v) is 14.4. The van der Waals surface area contributed by atoms with Crippen LogP contribution in [0.3, 0.4) is 0 Å². The maximum Gasteiger partial charge on any atom is 0.306 e. The maximum absolute atomic E-state index is 13.2. The van der Waals surface area contributed by atoms with E-state index in [4.69, 9.17) is 21.1 Å². The topological polar surface area (TPSA) is 108 Å². The van der Waals surface area contributed by atoms with E-state index in [0.717, 1.165) is 38.6 Å². The van der Waals surface area contributed by atoms with Crippen molar-refractivity contribution in [1.29, 1.82) is 0 Å². The van der Waals surface area contributed by atoms with Gasteiger partial charge in [-0.05, 0) is 39.0 Å². The number of rotatable bonds is 21. The van der Waals surface area contributed by atoms with Gasteiger partial charge in [-0.2, -0.15) is 0 Å². The zero-order valence-corrected chi connectivity index (χ0v) is 29.1. The number of aliphatic hydroxyl groups excluding tert-OH is 2. The highest BCUT2D eigenvalue weighted by Crippen LogP contribution is 2.33. The summed E-state index contributed by atoms with van der Waals surface area (Å²) in [7, 11) is 1.94. The number of ether oxygens (including phenoxy) is 2. The molecule has 10 heteroatoms. The van der Waals surface area contributed by atoms with Gasteiger partial charge >= 0.3 is 5.97 Å². The Kier molecular flexibility index (Phi) is 19.1. The number of hydrogen-bond donors (Lipinski definition) is 3. The van der Waals surface area contributed by atoms with Crippen LogP contribution in [0.2, 0.25) is 0 Å². The highest BCUT2D eigenvalue weighted by Gasteiger charge is 2.50. The lowest BCUT2D eigenvalue weighted by Gasteiger charge is -2.45. The van der Waals surface area contributed by atoms with Crippen molar-refractivity contribution in [3.63, 3.8) is 0 Å². The van der Waals surface area contributed by atoms with Crippen molar-refractivity contribution in [2.75, 3.05) is 19.8 Å². The Hall–Kier alpha value is -0.580. The molecule has 0 aromatic heterocycles. The number of nitrogens with one attached hydrogen (secondary N) is 1. The number of alkyl halides is 1. The lowest BCUT2D eigenvalue weighted by Crippen LogP contribution is -2.65. The molecular weight excluding hydrogens is 588 g/mol. The van der Waals surface area contributed by atoms with Crippen LogP contribution in [0.1, 0.15) is 124 Å². The number of carbonyl (C=O) groups excluding carboxylic acids is 2. The van der Waals surface area contributed by atoms with Crippen LogP contribution in [-0.2, 0) is 19.1 Å². The first-order chi connectivity index (χ1) is 20.6. The molecule has 0 aromatic rings. The van der Waals surface area contributed by atoms with Crippen molar-refractivity contribution in [3.05, 3.63) is 0 Å². The van der Waals surface area contributed by atoms with Crippen LogP contribution in [0.15, 0.2) is 0 Å². The van der Waals surface area contributed by atoms with Crippen LogP contribution in [-0.4, -0.2) is 94.2 Å². The lowest BCUT2D eigenvalue weighted by atomic mass is 9.92. The van der Waals surface area contributed by atoms with Gasteiger partial charge in [-0.3, -0.25) is 14.5 Å². The van der Waals surface area contributed by atoms with Gasteiger partial charge in [-0.25, -0.2) is 0 Å². The van der Waals surface area contributed by atoms with Gasteiger partial charge in [0.15, 0.2) is 6.10 Å². The van der Waals surface area contributed by atoms with E-state index in [9.17, 15) is 19.8 Å². The van der Waals surface area contributed by atoms with E-state index in [1.165, 1.54) is 76.0 Å². The zero-order chi connectivity index (χ0) is 31.8. The Morgan fingerprint density at radius 3 is 2.02 bits per heavy atom. The number of thioether (sulfide) groups is 1. The molecule has 43 heavy (non-hydrogen) atoms. The number of likely N-dealkylation sites (N-methyl/N-ethyl adjacent to an activating group) is 1. The van der Waals surface area contributed by atoms with Gasteiger partial charge in [0.25, 0.3) is 0 Å². The van der Waals surface area contributed by atoms with Crippen LogP contribution >= 0.6 is 23.4 Å². The van der Waals surface area contributed by atoms with E-state index < -0.39 is 47.2 Å². The number of carbonyl (C=O) groups is 2. The van der Waals surface area contributed by atoms with Crippen molar-refractivity contribution in [1.82, 2.24) is 10.2 Å². The molecule has 2 rings (SSSR count). The first-order valence-corrected chi connectivity index (χ1v) is 18.7. The van der Waals surface area contributed by atoms with E-state index >= 15 is 0 Å². The summed E-state index contributed by atoms with van der Waals surface area (Å²) in [4.78, 5) is 27.9. The molecule has 2 saturated heterocycles. The number of unbranched alkanes of at least 4 members (excludes halogenated alkanes) is 12. The molecule has 2 heterocycles. The summed E-state index contributed by atoms with van der Waals surface area (Å²) < 4.78 is 11.8. The van der Waals surface area contributed by atoms with E-state index in [0.29, 0.717) is 5.92 Å². The second kappa shape index (κ2) is 21.3. The van der Waals surface area contributed by atoms with Crippen molar-refractivity contribution in [3.8, 4) is 0 Å². The van der Waals surface area contributed by atoms with Gasteiger partial charge in [0, 0.05) is 13.0 Å². The van der Waals surface area contributed by atoms with Crippen LogP contribution in [0.5, 0.6) is 0 Å². The third kappa shape index (κ3) is 13.0. The highest BCUT2D eigenvalue weighted by molar-refractivity contribution is 7.99. The molecule has 1 amide bonds. The minimum absolute atomic E-state index is 0.159. The molecule has 2 aliphatic heterocycles. The third-order valence-corrected chi connectivity index (χ3v) is 10.4. The van der Waals surface area contributed by atoms with Gasteiger partial charge < -0.3 is 25.0 Å². The number of aliphatic hydroxyl groups is 2. The molecule has 2 aliphatic rings. The number of halogens is 1. The van der Waals surface area contributed by atoms with Crippen molar-refractivity contribution in [2.24, 2.45) is 5.92 Å². The average Bonchev–Trinajstić information content (AvgIpc) is 3.37. The molecule has 2 fully saturated rings. The lowest BCUT2D eigenvalue weighted by molar-refractivity contribution is -0.218. The smallest absolute Gasteiger partial charge is 0.306 e. The molecule has 0 aromatic carbocycles. The fourth-order valence-electron chi connectivity index (χ4n) is 6.40. The largest absolute Gasteiger partial charge is 0.456 e. The van der Waals surface area contributed by atoms with E-state index in [1.54, 1.807) is 13.2 Å². The fraction of sp³-hybridized carbons (Fsp3) is 0.939. The fourth-order valence-corrected chi connectivity index (χ4v) is 7.33. The molecule has 0 spiro atoms. The Labute approximate surface area is 270 Å². The molecular formula is C33H61ClN2O6S. The molecule has 0 aliphatic carbocycles. The summed E-state index contributed by atoms with van der Waals surface area (Å²) in [5.41, 5.74) is -0.701. The highest BCUT2D eigenvalue weighted by atomic mass is 35.5. The molecule has 3 N–H and O–H groups in total. The third-order valence-electron chi connectivity index (χ3n) is 9.24. The molecule has 9 unspecified atom stereocenters. The van der Waals surface area contributed by atoms with E-state index in [1.807, 2.05) is 11.9 Å². The van der Waals surface area contributed by atoms with Crippen molar-refractivity contribution >= 4 is 35.2 Å². The van der Waals surface area contributed by atoms with Crippen LogP contribution < -0.4 is 5.32 Å². The first-order valence-electron chi connectivity index (χ1n) is 17.0. The average molecular weight is 649 g/mol. The standard InChI is InChI=1S/C33H61ClN2O6S/c1-6-8-9-10-11-12-13-14-15-16-17-18-19-20-26(37)41-31-29(39)28(38)30(42-33(31)43-5)27(23(3)34)35-32(40)25-21-24(7-2)22-36(25)4/h23-25,27-31,33,38-39H,6-22H2,1-5H3,(H,35,40). The van der Waals surface area contributed by atoms with Gasteiger partial charge in [0.05, 0.1) is 17.5 Å². The quantitative estimate of drug-likeness (QED) is 0.0787. The molecule has 0 bridgehead atoms. The number of likely N-dealkylation sites (tertiary alicyclic amines) is 1. The van der Waals surface area contributed by atoms with E-state index in [-0.39, 0.29) is 18.4 Å². The summed E-state index contributed by atoms with van der Waals surface area (Å²) in [6, 6.07) is -1.01. The van der Waals surface area contributed by atoms with Crippen LogP contribution in [0.25, 0.3) is 0 Å². The van der Waals surface area contributed by atoms with Gasteiger partial charge in [0.1, 0.15) is 23.7 Å². The molecule has 9 atom stereocenters. The van der Waals surface area contributed by atoms with Gasteiger partial charge in [-0.15, -0.1) is 23.4 Å². The monoisotopic (exact) mass is 648 g/mol. The summed E-state index contributed by atoms with van der Waals surface area (Å²) >= 11 is 7.79. The second-order valence-electron chi connectivity index (χ2n) is 12.8. The Morgan fingerprint density at radius 1 is 0.977 bits per heavy atom. The Morgan fingerprint density at radius 2 is 1.53 bits per heavy atom. The predicted octanol–water partition coefficient (Wildman–Crippen LogP) is 6.03. The van der Waals surface area contributed by atoms with Crippen molar-refractivity contribution < 1.29 is 29.3 Å². The Balaban J connectivity index is 1.75. The SMILES string of the molecule is CCCCCCCCCCCCCCCC(=O)OC1C(SC)OC(C(NC(=O)C2CC(CC)CN2C)C(C)Cl)C(O)C1O. The summed E-state index contributed by atoms with van der Waals surface area (Å²) in [6.45, 7) is 6.97. The number of amides is 1. The summed E-state index contributed by atoms with van der Waals surface area (Å²) in [5.74, 6) is -0.0963. The number of nitrogens with zero attached hydrogens (tertiary/aromatic N) is 1. The summed E-state index contributed by atoms with van der Waals surface area (Å²) in [5, 5.41) is 24.5. The minimum Gasteiger partial charge on any atom is -0.456 e. The minimum atomic E-state index is -1.38.